The van der Waals surface area contributed by atoms with Gasteiger partial charge in [-0.15, -0.1) is 11.3 Å². The Morgan fingerprint density at radius 1 is 1.40 bits per heavy atom. The van der Waals surface area contributed by atoms with Gasteiger partial charge in [-0.05, 0) is 31.6 Å². The molecule has 0 atom stereocenters. The molecule has 0 bridgehead atoms. The largest absolute Gasteiger partial charge is 0.465 e. The number of carbonyl (C=O) groups is 2. The summed E-state index contributed by atoms with van der Waals surface area (Å²) in [5.74, 6) is 0.429. The van der Waals surface area contributed by atoms with Crippen molar-refractivity contribution >= 4 is 29.2 Å². The highest BCUT2D eigenvalue weighted by molar-refractivity contribution is 7.09. The molecule has 0 saturated heterocycles. The van der Waals surface area contributed by atoms with E-state index in [0.29, 0.717) is 31.8 Å². The number of carbonyl (C=O) groups excluding carboxylic acids is 2. The van der Waals surface area contributed by atoms with E-state index in [9.17, 15) is 9.59 Å². The Labute approximate surface area is 151 Å². The van der Waals surface area contributed by atoms with Gasteiger partial charge >= 0.3 is 0 Å². The lowest BCUT2D eigenvalue weighted by Crippen LogP contribution is -2.38. The molecule has 2 aromatic heterocycles. The lowest BCUT2D eigenvalue weighted by atomic mass is 10.3. The number of nitrogens with one attached hydrogen (secondary N) is 1. The van der Waals surface area contributed by atoms with Crippen LogP contribution in [0.2, 0.25) is 0 Å². The van der Waals surface area contributed by atoms with Gasteiger partial charge in [-0.25, -0.2) is 4.98 Å². The van der Waals surface area contributed by atoms with Crippen LogP contribution in [-0.4, -0.2) is 41.3 Å². The first-order valence-electron chi connectivity index (χ1n) is 8.32. The fourth-order valence-corrected chi connectivity index (χ4v) is 2.98. The van der Waals surface area contributed by atoms with Crippen molar-refractivity contribution in [2.75, 3.05) is 19.6 Å². The smallest absolute Gasteiger partial charge is 0.244 e. The number of aromatic nitrogens is 1. The quantitative estimate of drug-likeness (QED) is 0.697. The molecule has 0 aliphatic heterocycles. The van der Waals surface area contributed by atoms with Crippen LogP contribution < -0.4 is 5.32 Å². The molecule has 0 saturated carbocycles. The van der Waals surface area contributed by atoms with Gasteiger partial charge in [0.2, 0.25) is 11.8 Å². The summed E-state index contributed by atoms with van der Waals surface area (Å²) < 4.78 is 5.12. The first-order chi connectivity index (χ1) is 12.1. The van der Waals surface area contributed by atoms with Crippen molar-refractivity contribution in [1.82, 2.24) is 15.2 Å². The second-order valence-corrected chi connectivity index (χ2v) is 6.32. The maximum absolute atomic E-state index is 12.3. The maximum Gasteiger partial charge on any atom is 0.244 e. The molecule has 1 N–H and O–H groups in total. The standard InChI is InChI=1S/C18H23N3O3S/c1-3-17-20-14(13-25-17)12-18(23)21(4-2)10-9-19-16(22)8-7-15-6-5-11-24-15/h5-8,11,13H,3-4,9-10,12H2,1-2H3,(H,19,22)/b8-7+. The third-order valence-electron chi connectivity index (χ3n) is 3.59. The van der Waals surface area contributed by atoms with Crippen LogP contribution in [-0.2, 0) is 22.4 Å². The summed E-state index contributed by atoms with van der Waals surface area (Å²) in [4.78, 5) is 30.3. The molecule has 7 heteroatoms. The zero-order valence-corrected chi connectivity index (χ0v) is 15.3. The predicted octanol–water partition coefficient (Wildman–Crippen LogP) is 2.52. The Morgan fingerprint density at radius 3 is 2.88 bits per heavy atom. The number of nitrogens with zero attached hydrogens (tertiary/aromatic N) is 2. The Kier molecular flexibility index (Phi) is 7.40. The van der Waals surface area contributed by atoms with Crippen molar-refractivity contribution in [2.24, 2.45) is 0 Å². The van der Waals surface area contributed by atoms with Gasteiger partial charge in [-0.3, -0.25) is 9.59 Å². The molecule has 0 fully saturated rings. The molecular formula is C18H23N3O3S. The van der Waals surface area contributed by atoms with E-state index in [4.69, 9.17) is 4.42 Å². The van der Waals surface area contributed by atoms with Gasteiger partial charge in [0.1, 0.15) is 5.76 Å². The third-order valence-corrected chi connectivity index (χ3v) is 4.63. The van der Waals surface area contributed by atoms with E-state index in [1.807, 2.05) is 19.2 Å². The Bertz CT molecular complexity index is 707. The molecule has 134 valence electrons. The molecular weight excluding hydrogens is 338 g/mol. The predicted molar refractivity (Wildman–Crippen MR) is 98.2 cm³/mol. The van der Waals surface area contributed by atoms with Gasteiger partial charge < -0.3 is 14.6 Å². The molecule has 0 aliphatic rings. The van der Waals surface area contributed by atoms with Crippen molar-refractivity contribution in [2.45, 2.75) is 26.7 Å². The van der Waals surface area contributed by atoms with Crippen LogP contribution in [0.25, 0.3) is 6.08 Å². The zero-order valence-electron chi connectivity index (χ0n) is 14.5. The van der Waals surface area contributed by atoms with E-state index in [1.165, 1.54) is 6.08 Å². The van der Waals surface area contributed by atoms with Gasteiger partial charge in [-0.2, -0.15) is 0 Å². The first kappa shape index (κ1) is 18.9. The summed E-state index contributed by atoms with van der Waals surface area (Å²) >= 11 is 1.58. The SMILES string of the molecule is CCc1nc(CC(=O)N(CC)CCNC(=O)/C=C/c2ccco2)cs1. The number of amides is 2. The number of likely N-dealkylation sites (N-methyl/N-ethyl adjacent to an activating group) is 1. The summed E-state index contributed by atoms with van der Waals surface area (Å²) in [6, 6.07) is 3.53. The van der Waals surface area contributed by atoms with Crippen LogP contribution in [0.1, 0.15) is 30.3 Å². The normalized spacial score (nSPS) is 11.0. The van der Waals surface area contributed by atoms with E-state index in [2.05, 4.69) is 10.3 Å². The lowest BCUT2D eigenvalue weighted by Gasteiger charge is -2.20. The van der Waals surface area contributed by atoms with E-state index >= 15 is 0 Å². The summed E-state index contributed by atoms with van der Waals surface area (Å²) in [5, 5.41) is 5.75. The summed E-state index contributed by atoms with van der Waals surface area (Å²) in [5.41, 5.74) is 0.815. The van der Waals surface area contributed by atoms with Crippen LogP contribution in [0, 0.1) is 0 Å². The molecule has 2 heterocycles. The maximum atomic E-state index is 12.3. The van der Waals surface area contributed by atoms with Crippen molar-refractivity contribution in [3.8, 4) is 0 Å². The van der Waals surface area contributed by atoms with Crippen molar-refractivity contribution in [3.05, 3.63) is 46.3 Å². The number of aryl methyl sites for hydroxylation is 1. The number of hydrogen-bond donors (Lipinski definition) is 1. The second-order valence-electron chi connectivity index (χ2n) is 5.38. The van der Waals surface area contributed by atoms with Crippen LogP contribution in [0.4, 0.5) is 0 Å². The molecule has 25 heavy (non-hydrogen) atoms. The highest BCUT2D eigenvalue weighted by atomic mass is 32.1. The highest BCUT2D eigenvalue weighted by Crippen LogP contribution is 2.11. The molecule has 6 nitrogen and oxygen atoms in total. The molecule has 2 aromatic rings. The van der Waals surface area contributed by atoms with Crippen LogP contribution in [0.3, 0.4) is 0 Å². The number of thiazole rings is 1. The number of furan rings is 1. The molecule has 0 unspecified atom stereocenters. The minimum Gasteiger partial charge on any atom is -0.465 e. The van der Waals surface area contributed by atoms with Crippen molar-refractivity contribution < 1.29 is 14.0 Å². The van der Waals surface area contributed by atoms with Crippen LogP contribution in [0.15, 0.2) is 34.3 Å². The Hall–Kier alpha value is -2.41. The fourth-order valence-electron chi connectivity index (χ4n) is 2.24. The third kappa shape index (κ3) is 6.19. The van der Waals surface area contributed by atoms with E-state index < -0.39 is 0 Å². The van der Waals surface area contributed by atoms with Crippen molar-refractivity contribution in [3.63, 3.8) is 0 Å². The monoisotopic (exact) mass is 361 g/mol. The summed E-state index contributed by atoms with van der Waals surface area (Å²) in [7, 11) is 0. The Balaban J connectivity index is 1.75. The molecule has 2 amide bonds. The molecule has 0 spiro atoms. The minimum atomic E-state index is -0.216. The summed E-state index contributed by atoms with van der Waals surface area (Å²) in [6.07, 6.45) is 5.75. The topological polar surface area (TPSA) is 75.4 Å². The van der Waals surface area contributed by atoms with E-state index in [0.717, 1.165) is 17.1 Å². The highest BCUT2D eigenvalue weighted by Gasteiger charge is 2.14. The second kappa shape index (κ2) is 9.78. The molecule has 0 aromatic carbocycles. The van der Waals surface area contributed by atoms with Gasteiger partial charge in [0, 0.05) is 31.1 Å². The lowest BCUT2D eigenvalue weighted by molar-refractivity contribution is -0.130. The van der Waals surface area contributed by atoms with Crippen molar-refractivity contribution in [1.29, 1.82) is 0 Å². The number of rotatable bonds is 9. The van der Waals surface area contributed by atoms with Crippen LogP contribution in [0.5, 0.6) is 0 Å². The number of hydrogen-bond acceptors (Lipinski definition) is 5. The van der Waals surface area contributed by atoms with E-state index in [1.54, 1.807) is 40.7 Å². The van der Waals surface area contributed by atoms with Gasteiger partial charge in [0.15, 0.2) is 0 Å². The zero-order chi connectivity index (χ0) is 18.1. The van der Waals surface area contributed by atoms with Gasteiger partial charge in [0.25, 0.3) is 0 Å². The molecule has 0 radical (unpaired) electrons. The van der Waals surface area contributed by atoms with Crippen LogP contribution >= 0.6 is 11.3 Å². The van der Waals surface area contributed by atoms with Gasteiger partial charge in [-0.1, -0.05) is 6.92 Å². The molecule has 0 aliphatic carbocycles. The average molecular weight is 361 g/mol. The summed E-state index contributed by atoms with van der Waals surface area (Å²) in [6.45, 7) is 5.45. The fraction of sp³-hybridized carbons (Fsp3) is 0.389. The Morgan fingerprint density at radius 2 is 2.24 bits per heavy atom. The average Bonchev–Trinajstić information content (AvgIpc) is 3.28. The van der Waals surface area contributed by atoms with E-state index in [-0.39, 0.29) is 11.8 Å². The minimum absolute atomic E-state index is 0.0239. The molecule has 2 rings (SSSR count). The van der Waals surface area contributed by atoms with Gasteiger partial charge in [0.05, 0.1) is 23.4 Å². The first-order valence-corrected chi connectivity index (χ1v) is 9.20.